The molecule has 1 saturated heterocycles. The van der Waals surface area contributed by atoms with Gasteiger partial charge in [-0.15, -0.1) is 0 Å². The number of carbonyl (C=O) groups excluding carboxylic acids is 2. The highest BCUT2D eigenvalue weighted by molar-refractivity contribution is 9.10. The molecule has 2 amide bonds. The fraction of sp³-hybridized carbons (Fsp3) is 0.240. The van der Waals surface area contributed by atoms with Crippen molar-refractivity contribution in [1.29, 1.82) is 0 Å². The Balaban J connectivity index is 1.27. The average molecular weight is 528 g/mol. The van der Waals surface area contributed by atoms with Crippen LogP contribution in [0.25, 0.3) is 0 Å². The fourth-order valence-corrected chi connectivity index (χ4v) is 4.43. The molecular weight excluding hydrogens is 504 g/mol. The summed E-state index contributed by atoms with van der Waals surface area (Å²) in [5, 5.41) is 3.61. The molecular formula is C25H24BrClN4O2. The van der Waals surface area contributed by atoms with Gasteiger partial charge in [0.15, 0.2) is 0 Å². The van der Waals surface area contributed by atoms with E-state index in [1.807, 2.05) is 59.5 Å². The first kappa shape index (κ1) is 23.3. The molecule has 4 rings (SSSR count). The van der Waals surface area contributed by atoms with Crippen LogP contribution >= 0.6 is 27.5 Å². The van der Waals surface area contributed by atoms with Crippen molar-refractivity contribution in [3.05, 3.63) is 93.0 Å². The summed E-state index contributed by atoms with van der Waals surface area (Å²) in [5.41, 5.74) is 2.27. The summed E-state index contributed by atoms with van der Waals surface area (Å²) in [6.07, 6.45) is 2.31. The average Bonchev–Trinajstić information content (AvgIpc) is 2.84. The van der Waals surface area contributed by atoms with Crippen LogP contribution in [0.1, 0.15) is 26.3 Å². The minimum absolute atomic E-state index is 0.0277. The third-order valence-corrected chi connectivity index (χ3v) is 6.52. The SMILES string of the molecule is O=C(NCCc1cccc(Cl)c1)c1ccc(N2CCN(C(=O)c3ccccc3Br)CC2)nc1. The van der Waals surface area contributed by atoms with Crippen LogP contribution in [0.15, 0.2) is 71.3 Å². The maximum Gasteiger partial charge on any atom is 0.255 e. The zero-order valence-corrected chi connectivity index (χ0v) is 20.3. The highest BCUT2D eigenvalue weighted by atomic mass is 79.9. The summed E-state index contributed by atoms with van der Waals surface area (Å²) in [6, 6.07) is 18.7. The molecule has 3 aromatic rings. The second-order valence-electron chi connectivity index (χ2n) is 7.80. The van der Waals surface area contributed by atoms with Crippen molar-refractivity contribution in [2.24, 2.45) is 0 Å². The lowest BCUT2D eigenvalue weighted by Gasteiger charge is -2.35. The second-order valence-corrected chi connectivity index (χ2v) is 9.09. The van der Waals surface area contributed by atoms with E-state index < -0.39 is 0 Å². The number of hydrogen-bond donors (Lipinski definition) is 1. The third kappa shape index (κ3) is 5.92. The standard InChI is InChI=1S/C25H24BrClN4O2/c26-22-7-2-1-6-21(22)25(33)31-14-12-30(13-15-31)23-9-8-19(17-29-23)24(32)28-11-10-18-4-3-5-20(27)16-18/h1-9,16-17H,10-15H2,(H,28,32). The van der Waals surface area contributed by atoms with Gasteiger partial charge < -0.3 is 15.1 Å². The second kappa shape index (κ2) is 10.8. The van der Waals surface area contributed by atoms with E-state index in [0.29, 0.717) is 55.3 Å². The summed E-state index contributed by atoms with van der Waals surface area (Å²) in [6.45, 7) is 3.14. The van der Waals surface area contributed by atoms with Gasteiger partial charge in [-0.25, -0.2) is 4.98 Å². The van der Waals surface area contributed by atoms with E-state index in [1.165, 1.54) is 0 Å². The van der Waals surface area contributed by atoms with Gasteiger partial charge in [0.05, 0.1) is 11.1 Å². The molecule has 0 atom stereocenters. The largest absolute Gasteiger partial charge is 0.353 e. The summed E-state index contributed by atoms with van der Waals surface area (Å²) < 4.78 is 0.806. The smallest absolute Gasteiger partial charge is 0.255 e. The molecule has 2 aromatic carbocycles. The van der Waals surface area contributed by atoms with Crippen LogP contribution in [0.5, 0.6) is 0 Å². The predicted octanol–water partition coefficient (Wildman–Crippen LogP) is 4.43. The van der Waals surface area contributed by atoms with Gasteiger partial charge in [0, 0.05) is 48.4 Å². The van der Waals surface area contributed by atoms with Crippen LogP contribution in [0.2, 0.25) is 5.02 Å². The molecule has 0 aliphatic carbocycles. The van der Waals surface area contributed by atoms with Crippen LogP contribution in [0.3, 0.4) is 0 Å². The molecule has 1 fully saturated rings. The molecule has 0 bridgehead atoms. The van der Waals surface area contributed by atoms with Crippen LogP contribution in [-0.2, 0) is 6.42 Å². The maximum atomic E-state index is 12.8. The van der Waals surface area contributed by atoms with Gasteiger partial charge in [0.1, 0.15) is 5.82 Å². The number of nitrogens with zero attached hydrogens (tertiary/aromatic N) is 3. The van der Waals surface area contributed by atoms with Crippen LogP contribution in [0, 0.1) is 0 Å². The Kier molecular flexibility index (Phi) is 7.62. The molecule has 0 radical (unpaired) electrons. The van der Waals surface area contributed by atoms with Gasteiger partial charge in [-0.1, -0.05) is 35.9 Å². The first-order valence-electron chi connectivity index (χ1n) is 10.8. The number of hydrogen-bond acceptors (Lipinski definition) is 4. The van der Waals surface area contributed by atoms with Gasteiger partial charge >= 0.3 is 0 Å². The van der Waals surface area contributed by atoms with Crippen molar-refractivity contribution in [3.8, 4) is 0 Å². The van der Waals surface area contributed by atoms with Gasteiger partial charge in [-0.3, -0.25) is 9.59 Å². The summed E-state index contributed by atoms with van der Waals surface area (Å²) in [7, 11) is 0. The molecule has 6 nitrogen and oxygen atoms in total. The number of rotatable bonds is 6. The minimum atomic E-state index is -0.153. The number of carbonyl (C=O) groups is 2. The number of aromatic nitrogens is 1. The molecule has 2 heterocycles. The number of pyridine rings is 1. The highest BCUT2D eigenvalue weighted by Crippen LogP contribution is 2.20. The van der Waals surface area contributed by atoms with E-state index in [1.54, 1.807) is 12.3 Å². The van der Waals surface area contributed by atoms with Crippen molar-refractivity contribution in [2.45, 2.75) is 6.42 Å². The van der Waals surface area contributed by atoms with Gasteiger partial charge in [-0.05, 0) is 64.3 Å². The quantitative estimate of drug-likeness (QED) is 0.515. The van der Waals surface area contributed by atoms with Crippen molar-refractivity contribution in [1.82, 2.24) is 15.2 Å². The number of halogens is 2. The van der Waals surface area contributed by atoms with Crippen molar-refractivity contribution in [2.75, 3.05) is 37.6 Å². The van der Waals surface area contributed by atoms with E-state index in [9.17, 15) is 9.59 Å². The lowest BCUT2D eigenvalue weighted by molar-refractivity contribution is 0.0745. The van der Waals surface area contributed by atoms with Gasteiger partial charge in [-0.2, -0.15) is 0 Å². The van der Waals surface area contributed by atoms with Crippen molar-refractivity contribution < 1.29 is 9.59 Å². The minimum Gasteiger partial charge on any atom is -0.353 e. The molecule has 1 aliphatic rings. The zero-order chi connectivity index (χ0) is 23.2. The van der Waals surface area contributed by atoms with Crippen LogP contribution < -0.4 is 10.2 Å². The first-order chi connectivity index (χ1) is 16.0. The van der Waals surface area contributed by atoms with Crippen molar-refractivity contribution >= 4 is 45.2 Å². The Morgan fingerprint density at radius 2 is 1.79 bits per heavy atom. The number of piperazine rings is 1. The Hall–Kier alpha value is -2.90. The van der Waals surface area contributed by atoms with E-state index in [2.05, 4.69) is 31.1 Å². The number of nitrogens with one attached hydrogen (secondary N) is 1. The number of benzene rings is 2. The van der Waals surface area contributed by atoms with Crippen molar-refractivity contribution in [3.63, 3.8) is 0 Å². The molecule has 8 heteroatoms. The maximum absolute atomic E-state index is 12.8. The van der Waals surface area contributed by atoms with E-state index in [4.69, 9.17) is 11.6 Å². The summed E-state index contributed by atoms with van der Waals surface area (Å²) in [5.74, 6) is 0.679. The lowest BCUT2D eigenvalue weighted by atomic mass is 10.1. The molecule has 0 unspecified atom stereocenters. The Bertz CT molecular complexity index is 1130. The van der Waals surface area contributed by atoms with Crippen LogP contribution in [0.4, 0.5) is 5.82 Å². The Morgan fingerprint density at radius 3 is 2.48 bits per heavy atom. The Labute approximate surface area is 206 Å². The Morgan fingerprint density at radius 1 is 1.00 bits per heavy atom. The summed E-state index contributed by atoms with van der Waals surface area (Å²) >= 11 is 9.45. The fourth-order valence-electron chi connectivity index (χ4n) is 3.77. The van der Waals surface area contributed by atoms with E-state index in [0.717, 1.165) is 15.9 Å². The van der Waals surface area contributed by atoms with Crippen LogP contribution in [-0.4, -0.2) is 54.4 Å². The summed E-state index contributed by atoms with van der Waals surface area (Å²) in [4.78, 5) is 33.7. The van der Waals surface area contributed by atoms with Gasteiger partial charge in [0.25, 0.3) is 11.8 Å². The molecule has 1 N–H and O–H groups in total. The molecule has 1 aliphatic heterocycles. The zero-order valence-electron chi connectivity index (χ0n) is 18.0. The molecule has 0 saturated carbocycles. The normalized spacial score (nSPS) is 13.6. The lowest BCUT2D eigenvalue weighted by Crippen LogP contribution is -2.49. The number of amides is 2. The van der Waals surface area contributed by atoms with E-state index >= 15 is 0 Å². The topological polar surface area (TPSA) is 65.5 Å². The number of anilines is 1. The molecule has 170 valence electrons. The third-order valence-electron chi connectivity index (χ3n) is 5.59. The molecule has 33 heavy (non-hydrogen) atoms. The van der Waals surface area contributed by atoms with E-state index in [-0.39, 0.29) is 11.8 Å². The molecule has 1 aromatic heterocycles. The molecule has 0 spiro atoms. The van der Waals surface area contributed by atoms with Gasteiger partial charge in [0.2, 0.25) is 0 Å². The highest BCUT2D eigenvalue weighted by Gasteiger charge is 2.24. The first-order valence-corrected chi connectivity index (χ1v) is 12.0. The predicted molar refractivity (Wildman–Crippen MR) is 134 cm³/mol. The monoisotopic (exact) mass is 526 g/mol.